The molecule has 5 heteroatoms. The fourth-order valence-corrected chi connectivity index (χ4v) is 4.83. The minimum absolute atomic E-state index is 0.461. The zero-order valence-corrected chi connectivity index (χ0v) is 13.2. The van der Waals surface area contributed by atoms with Crippen molar-refractivity contribution >= 4 is 15.7 Å². The standard InChI is InChI=1S/C16H24N2O2S/c19-21(20,18-12-13-6-2-1-3-7-13)16-10-4-9-15-14(16)8-5-11-17-15/h4,9-10,13,17-18H,1-3,5-8,11-12H2. The molecule has 1 aromatic carbocycles. The zero-order valence-electron chi connectivity index (χ0n) is 12.4. The number of rotatable bonds is 4. The summed E-state index contributed by atoms with van der Waals surface area (Å²) in [5.41, 5.74) is 1.92. The molecule has 1 fully saturated rings. The highest BCUT2D eigenvalue weighted by Crippen LogP contribution is 2.29. The number of nitrogens with one attached hydrogen (secondary N) is 2. The normalized spacial score (nSPS) is 19.8. The van der Waals surface area contributed by atoms with Gasteiger partial charge in [-0.25, -0.2) is 13.1 Å². The fourth-order valence-electron chi connectivity index (χ4n) is 3.43. The average molecular weight is 308 g/mol. The third-order valence-corrected chi connectivity index (χ3v) is 6.14. The van der Waals surface area contributed by atoms with Crippen molar-refractivity contribution in [1.29, 1.82) is 0 Å². The lowest BCUT2D eigenvalue weighted by molar-refractivity contribution is 0.357. The first-order valence-electron chi connectivity index (χ1n) is 8.02. The molecule has 0 unspecified atom stereocenters. The average Bonchev–Trinajstić information content (AvgIpc) is 2.53. The quantitative estimate of drug-likeness (QED) is 0.899. The van der Waals surface area contributed by atoms with E-state index in [1.165, 1.54) is 19.3 Å². The number of anilines is 1. The van der Waals surface area contributed by atoms with Gasteiger partial charge < -0.3 is 5.32 Å². The fraction of sp³-hybridized carbons (Fsp3) is 0.625. The molecule has 4 nitrogen and oxygen atoms in total. The molecule has 1 aromatic rings. The van der Waals surface area contributed by atoms with Crippen molar-refractivity contribution in [2.24, 2.45) is 5.92 Å². The molecule has 2 N–H and O–H groups in total. The van der Waals surface area contributed by atoms with E-state index in [4.69, 9.17) is 0 Å². The molecular formula is C16H24N2O2S. The Hall–Kier alpha value is -1.07. The summed E-state index contributed by atoms with van der Waals surface area (Å²) in [5, 5.41) is 3.29. The highest BCUT2D eigenvalue weighted by atomic mass is 32.2. The summed E-state index contributed by atoms with van der Waals surface area (Å²) < 4.78 is 28.1. The Balaban J connectivity index is 1.75. The molecule has 3 rings (SSSR count). The van der Waals surface area contributed by atoms with Gasteiger partial charge in [-0.05, 0) is 49.3 Å². The first-order chi connectivity index (χ1) is 10.2. The summed E-state index contributed by atoms with van der Waals surface area (Å²) >= 11 is 0. The van der Waals surface area contributed by atoms with Gasteiger partial charge in [0, 0.05) is 18.8 Å². The molecule has 1 heterocycles. The molecule has 0 radical (unpaired) electrons. The van der Waals surface area contributed by atoms with Crippen LogP contribution in [0.1, 0.15) is 44.1 Å². The van der Waals surface area contributed by atoms with Crippen LogP contribution in [-0.2, 0) is 16.4 Å². The van der Waals surface area contributed by atoms with E-state index >= 15 is 0 Å². The van der Waals surface area contributed by atoms with Crippen molar-refractivity contribution in [3.63, 3.8) is 0 Å². The van der Waals surface area contributed by atoms with E-state index in [0.29, 0.717) is 17.4 Å². The number of fused-ring (bicyclic) bond motifs is 1. The van der Waals surface area contributed by atoms with Crippen molar-refractivity contribution in [3.05, 3.63) is 23.8 Å². The van der Waals surface area contributed by atoms with Gasteiger partial charge in [-0.3, -0.25) is 0 Å². The Morgan fingerprint density at radius 3 is 2.76 bits per heavy atom. The summed E-state index contributed by atoms with van der Waals surface area (Å²) in [7, 11) is -3.39. The number of hydrogen-bond donors (Lipinski definition) is 2. The molecule has 116 valence electrons. The van der Waals surface area contributed by atoms with Crippen LogP contribution >= 0.6 is 0 Å². The van der Waals surface area contributed by atoms with E-state index in [1.807, 2.05) is 12.1 Å². The van der Waals surface area contributed by atoms with Gasteiger partial charge in [0.15, 0.2) is 0 Å². The zero-order chi connectivity index (χ0) is 14.7. The lowest BCUT2D eigenvalue weighted by atomic mass is 9.90. The van der Waals surface area contributed by atoms with E-state index in [0.717, 1.165) is 43.5 Å². The summed E-state index contributed by atoms with van der Waals surface area (Å²) in [4.78, 5) is 0.461. The third-order valence-electron chi connectivity index (χ3n) is 4.63. The van der Waals surface area contributed by atoms with Crippen LogP contribution in [-0.4, -0.2) is 21.5 Å². The van der Waals surface area contributed by atoms with E-state index < -0.39 is 10.0 Å². The molecule has 2 aliphatic rings. The summed E-state index contributed by atoms with van der Waals surface area (Å²) in [6, 6.07) is 5.52. The molecule has 0 bridgehead atoms. The third kappa shape index (κ3) is 3.40. The van der Waals surface area contributed by atoms with Crippen LogP contribution in [0.2, 0.25) is 0 Å². The number of sulfonamides is 1. The lowest BCUT2D eigenvalue weighted by Crippen LogP contribution is -2.31. The SMILES string of the molecule is O=S(=O)(NCC1CCCCC1)c1cccc2c1CCCN2. The summed E-state index contributed by atoms with van der Waals surface area (Å²) in [6.07, 6.45) is 7.88. The summed E-state index contributed by atoms with van der Waals surface area (Å²) in [5.74, 6) is 0.506. The van der Waals surface area contributed by atoms with Gasteiger partial charge in [0.25, 0.3) is 0 Å². The molecule has 0 aromatic heterocycles. The van der Waals surface area contributed by atoms with Gasteiger partial charge in [0.05, 0.1) is 4.90 Å². The van der Waals surface area contributed by atoms with Gasteiger partial charge >= 0.3 is 0 Å². The van der Waals surface area contributed by atoms with Crippen LogP contribution in [0.25, 0.3) is 0 Å². The van der Waals surface area contributed by atoms with Gasteiger partial charge in [0.1, 0.15) is 0 Å². The second kappa shape index (κ2) is 6.36. The Kier molecular flexibility index (Phi) is 4.50. The molecule has 0 spiro atoms. The van der Waals surface area contributed by atoms with Gasteiger partial charge in [-0.1, -0.05) is 25.3 Å². The Morgan fingerprint density at radius 2 is 1.95 bits per heavy atom. The van der Waals surface area contributed by atoms with Crippen molar-refractivity contribution < 1.29 is 8.42 Å². The Bertz CT molecular complexity index is 592. The smallest absolute Gasteiger partial charge is 0.240 e. The molecule has 1 saturated carbocycles. The maximum absolute atomic E-state index is 12.6. The molecular weight excluding hydrogens is 284 g/mol. The van der Waals surface area contributed by atoms with E-state index in [-0.39, 0.29) is 0 Å². The molecule has 1 aliphatic heterocycles. The largest absolute Gasteiger partial charge is 0.385 e. The van der Waals surface area contributed by atoms with E-state index in [2.05, 4.69) is 10.0 Å². The van der Waals surface area contributed by atoms with Gasteiger partial charge in [0.2, 0.25) is 10.0 Å². The lowest BCUT2D eigenvalue weighted by Gasteiger charge is -2.23. The monoisotopic (exact) mass is 308 g/mol. The van der Waals surface area contributed by atoms with Gasteiger partial charge in [-0.15, -0.1) is 0 Å². The maximum atomic E-state index is 12.6. The highest BCUT2D eigenvalue weighted by molar-refractivity contribution is 7.89. The maximum Gasteiger partial charge on any atom is 0.240 e. The van der Waals surface area contributed by atoms with Crippen LogP contribution in [0.15, 0.2) is 23.1 Å². The molecule has 0 atom stereocenters. The Labute approximate surface area is 127 Å². The van der Waals surface area contributed by atoms with Crippen molar-refractivity contribution in [1.82, 2.24) is 4.72 Å². The predicted octanol–water partition coefficient (Wildman–Crippen LogP) is 2.90. The predicted molar refractivity (Wildman–Crippen MR) is 85.0 cm³/mol. The first-order valence-corrected chi connectivity index (χ1v) is 9.50. The van der Waals surface area contributed by atoms with Gasteiger partial charge in [-0.2, -0.15) is 0 Å². The van der Waals surface area contributed by atoms with Crippen molar-refractivity contribution in [2.45, 2.75) is 49.8 Å². The topological polar surface area (TPSA) is 58.2 Å². The number of benzene rings is 1. The van der Waals surface area contributed by atoms with Crippen LogP contribution in [0.5, 0.6) is 0 Å². The van der Waals surface area contributed by atoms with E-state index in [9.17, 15) is 8.42 Å². The molecule has 0 saturated heterocycles. The molecule has 1 aliphatic carbocycles. The van der Waals surface area contributed by atoms with Crippen LogP contribution in [0, 0.1) is 5.92 Å². The molecule has 21 heavy (non-hydrogen) atoms. The molecule has 0 amide bonds. The summed E-state index contributed by atoms with van der Waals surface area (Å²) in [6.45, 7) is 1.51. The van der Waals surface area contributed by atoms with Crippen molar-refractivity contribution in [3.8, 4) is 0 Å². The number of hydrogen-bond acceptors (Lipinski definition) is 3. The van der Waals surface area contributed by atoms with Crippen LogP contribution < -0.4 is 10.0 Å². The van der Waals surface area contributed by atoms with Crippen LogP contribution in [0.3, 0.4) is 0 Å². The second-order valence-corrected chi connectivity index (χ2v) is 7.90. The van der Waals surface area contributed by atoms with E-state index in [1.54, 1.807) is 6.07 Å². The highest BCUT2D eigenvalue weighted by Gasteiger charge is 2.23. The Morgan fingerprint density at radius 1 is 1.14 bits per heavy atom. The minimum atomic E-state index is -3.39. The minimum Gasteiger partial charge on any atom is -0.385 e. The van der Waals surface area contributed by atoms with Crippen molar-refractivity contribution in [2.75, 3.05) is 18.4 Å². The first kappa shape index (κ1) is 14.9. The second-order valence-electron chi connectivity index (χ2n) is 6.17. The van der Waals surface area contributed by atoms with Crippen LogP contribution in [0.4, 0.5) is 5.69 Å².